The van der Waals surface area contributed by atoms with Crippen molar-refractivity contribution in [3.63, 3.8) is 0 Å². The Kier molecular flexibility index (Phi) is 9.30. The van der Waals surface area contributed by atoms with Crippen LogP contribution < -0.4 is 15.8 Å². The molecule has 2 heterocycles. The van der Waals surface area contributed by atoms with Gasteiger partial charge in [-0.15, -0.1) is 0 Å². The number of nitrogens with zero attached hydrogens (tertiary/aromatic N) is 3. The molecule has 2 aromatic heterocycles. The lowest BCUT2D eigenvalue weighted by atomic mass is 9.94. The summed E-state index contributed by atoms with van der Waals surface area (Å²) < 4.78 is 85.1. The Labute approximate surface area is 247 Å². The van der Waals surface area contributed by atoms with Crippen LogP contribution >= 0.6 is 0 Å². The third kappa shape index (κ3) is 6.84. The first-order chi connectivity index (χ1) is 20.7. The van der Waals surface area contributed by atoms with Crippen LogP contribution in [0.2, 0.25) is 0 Å². The number of amides is 2. The minimum atomic E-state index is -4.75. The molecule has 44 heavy (non-hydrogen) atoms. The summed E-state index contributed by atoms with van der Waals surface area (Å²) in [6, 6.07) is 7.74. The van der Waals surface area contributed by atoms with E-state index < -0.39 is 59.3 Å². The van der Waals surface area contributed by atoms with Gasteiger partial charge in [-0.2, -0.15) is 18.3 Å². The smallest absolute Gasteiger partial charge is 0.366 e. The quantitative estimate of drug-likeness (QED) is 0.134. The van der Waals surface area contributed by atoms with Crippen LogP contribution in [0.15, 0.2) is 54.7 Å². The van der Waals surface area contributed by atoms with Gasteiger partial charge in [0.1, 0.15) is 30.0 Å². The number of hydrogen-bond donors (Lipinski definition) is 3. The Hall–Kier alpha value is -4.88. The third-order valence-corrected chi connectivity index (χ3v) is 7.00. The molecule has 14 heteroatoms. The summed E-state index contributed by atoms with van der Waals surface area (Å²) in [5.41, 5.74) is 4.31. The topological polar surface area (TPSA) is 114 Å². The first kappa shape index (κ1) is 32.0. The zero-order chi connectivity index (χ0) is 32.3. The molecule has 0 radical (unpaired) electrons. The summed E-state index contributed by atoms with van der Waals surface area (Å²) in [5, 5.41) is 17.2. The number of aromatic nitrogens is 3. The van der Waals surface area contributed by atoms with Crippen LogP contribution in [-0.4, -0.2) is 26.8 Å². The molecule has 0 aliphatic carbocycles. The van der Waals surface area contributed by atoms with Crippen molar-refractivity contribution in [1.82, 2.24) is 15.1 Å². The van der Waals surface area contributed by atoms with Crippen molar-refractivity contribution in [3.8, 4) is 11.1 Å². The Balaban J connectivity index is 1.80. The zero-order valence-corrected chi connectivity index (χ0v) is 23.6. The zero-order valence-electron chi connectivity index (χ0n) is 23.6. The van der Waals surface area contributed by atoms with Gasteiger partial charge in [-0.3, -0.25) is 19.5 Å². The molecule has 0 unspecified atom stereocenters. The number of nitrogens with two attached hydrogens (primary N) is 1. The Morgan fingerprint density at radius 1 is 1.05 bits per heavy atom. The van der Waals surface area contributed by atoms with E-state index >= 15 is 0 Å². The molecule has 0 aliphatic rings. The van der Waals surface area contributed by atoms with Crippen LogP contribution in [0.5, 0.6) is 0 Å². The van der Waals surface area contributed by atoms with E-state index in [0.717, 1.165) is 28.9 Å². The molecule has 0 saturated heterocycles. The van der Waals surface area contributed by atoms with Gasteiger partial charge in [0.15, 0.2) is 5.69 Å². The summed E-state index contributed by atoms with van der Waals surface area (Å²) in [4.78, 5) is 25.2. The second-order valence-corrected chi connectivity index (χ2v) is 9.95. The van der Waals surface area contributed by atoms with E-state index in [2.05, 4.69) is 10.4 Å². The van der Waals surface area contributed by atoms with Crippen LogP contribution in [0, 0.1) is 17.5 Å². The van der Waals surface area contributed by atoms with E-state index in [1.54, 1.807) is 13.8 Å². The lowest BCUT2D eigenvalue weighted by molar-refractivity contribution is -0.910. The van der Waals surface area contributed by atoms with E-state index in [0.29, 0.717) is 10.8 Å². The molecule has 0 bridgehead atoms. The third-order valence-electron chi connectivity index (χ3n) is 7.00. The second-order valence-electron chi connectivity index (χ2n) is 9.95. The minimum Gasteiger partial charge on any atom is -0.366 e. The largest absolute Gasteiger partial charge is 0.435 e. The predicted molar refractivity (Wildman–Crippen MR) is 145 cm³/mol. The van der Waals surface area contributed by atoms with Crippen molar-refractivity contribution in [2.75, 3.05) is 0 Å². The molecule has 232 valence electrons. The number of primary amides is 1. The predicted octanol–water partition coefficient (Wildman–Crippen LogP) is 4.83. The fourth-order valence-electron chi connectivity index (χ4n) is 5.20. The van der Waals surface area contributed by atoms with Gasteiger partial charge in [-0.1, -0.05) is 19.9 Å². The molecular weight excluding hydrogens is 592 g/mol. The molecular formula is C30H28F6N5O3+. The van der Waals surface area contributed by atoms with E-state index in [1.165, 1.54) is 24.4 Å². The highest BCUT2D eigenvalue weighted by molar-refractivity contribution is 5.94. The molecule has 0 saturated carbocycles. The lowest BCUT2D eigenvalue weighted by Gasteiger charge is -2.19. The van der Waals surface area contributed by atoms with Crippen molar-refractivity contribution in [3.05, 3.63) is 106 Å². The molecule has 4 rings (SSSR count). The van der Waals surface area contributed by atoms with Gasteiger partial charge >= 0.3 is 6.18 Å². The fourth-order valence-corrected chi connectivity index (χ4v) is 5.20. The van der Waals surface area contributed by atoms with Crippen molar-refractivity contribution < 1.29 is 45.9 Å². The Bertz CT molecular complexity index is 1700. The van der Waals surface area contributed by atoms with Crippen LogP contribution in [-0.2, 0) is 36.8 Å². The molecule has 1 atom stereocenters. The normalized spacial score (nSPS) is 12.3. The second kappa shape index (κ2) is 12.8. The molecule has 2 amide bonds. The number of rotatable bonds is 10. The summed E-state index contributed by atoms with van der Waals surface area (Å²) in [6.07, 6.45) is -3.67. The fraction of sp³-hybridized carbons (Fsp3) is 0.267. The summed E-state index contributed by atoms with van der Waals surface area (Å²) in [5.74, 6) is -4.60. The minimum absolute atomic E-state index is 0.0241. The maximum absolute atomic E-state index is 14.2. The van der Waals surface area contributed by atoms with Crippen molar-refractivity contribution >= 4 is 11.8 Å². The Morgan fingerprint density at radius 2 is 1.73 bits per heavy atom. The number of carbonyl (C=O) groups excluding carboxylic acids is 2. The molecule has 0 fully saturated rings. The van der Waals surface area contributed by atoms with Gasteiger partial charge in [0.05, 0.1) is 11.1 Å². The van der Waals surface area contributed by atoms with E-state index in [1.807, 2.05) is 0 Å². The number of hydrogen-bond acceptors (Lipinski definition) is 4. The average molecular weight is 621 g/mol. The van der Waals surface area contributed by atoms with Gasteiger partial charge in [-0.05, 0) is 54.3 Å². The number of pyridine rings is 1. The van der Waals surface area contributed by atoms with Crippen molar-refractivity contribution in [2.45, 2.75) is 51.9 Å². The van der Waals surface area contributed by atoms with Gasteiger partial charge in [0, 0.05) is 34.5 Å². The van der Waals surface area contributed by atoms with Crippen molar-refractivity contribution in [2.24, 2.45) is 5.73 Å². The van der Waals surface area contributed by atoms with Crippen LogP contribution in [0.1, 0.15) is 58.5 Å². The van der Waals surface area contributed by atoms with Crippen LogP contribution in [0.25, 0.3) is 11.1 Å². The highest BCUT2D eigenvalue weighted by atomic mass is 19.4. The summed E-state index contributed by atoms with van der Waals surface area (Å²) in [6.45, 7) is 2.52. The van der Waals surface area contributed by atoms with Crippen molar-refractivity contribution in [1.29, 1.82) is 0 Å². The molecule has 4 N–H and O–H groups in total. The van der Waals surface area contributed by atoms with Crippen LogP contribution in [0.3, 0.4) is 0 Å². The van der Waals surface area contributed by atoms with Crippen LogP contribution in [0.4, 0.5) is 26.3 Å². The van der Waals surface area contributed by atoms with E-state index in [4.69, 9.17) is 5.73 Å². The molecule has 4 aromatic rings. The lowest BCUT2D eigenvalue weighted by Crippen LogP contribution is -2.43. The monoisotopic (exact) mass is 620 g/mol. The van der Waals surface area contributed by atoms with E-state index in [9.17, 15) is 41.1 Å². The number of benzene rings is 2. The number of alkyl halides is 3. The van der Waals surface area contributed by atoms with Gasteiger partial charge < -0.3 is 11.1 Å². The maximum atomic E-state index is 14.2. The van der Waals surface area contributed by atoms with E-state index in [-0.39, 0.29) is 52.9 Å². The SMILES string of the molecule is CCc1c(C(F)(F)F)nn(CC(=O)N[C@@H](Cc2cc(F)cc(F)c2)c2c(-c3ccc(F)c(C(N)=O)c3)ccc[n+]2O)c1CC. The molecule has 8 nitrogen and oxygen atoms in total. The molecule has 0 aliphatic heterocycles. The van der Waals surface area contributed by atoms with Gasteiger partial charge in [0.2, 0.25) is 12.1 Å². The highest BCUT2D eigenvalue weighted by Crippen LogP contribution is 2.33. The molecule has 2 aromatic carbocycles. The first-order valence-electron chi connectivity index (χ1n) is 13.5. The summed E-state index contributed by atoms with van der Waals surface area (Å²) in [7, 11) is 0. The Morgan fingerprint density at radius 3 is 2.32 bits per heavy atom. The first-order valence-corrected chi connectivity index (χ1v) is 13.5. The number of halogens is 6. The van der Waals surface area contributed by atoms with Gasteiger partial charge in [-0.25, -0.2) is 13.2 Å². The maximum Gasteiger partial charge on any atom is 0.435 e. The molecule has 0 spiro atoms. The van der Waals surface area contributed by atoms with Gasteiger partial charge in [0.25, 0.3) is 11.6 Å². The highest BCUT2D eigenvalue weighted by Gasteiger charge is 2.39. The average Bonchev–Trinajstić information content (AvgIpc) is 3.29. The summed E-state index contributed by atoms with van der Waals surface area (Å²) >= 11 is 0. The standard InChI is InChI=1S/C30H27F6N5O3/c1-3-20-25(4-2)40(39-28(20)30(34,35)36)15-26(42)38-24(12-16-10-18(31)14-19(32)11-16)27-21(6-5-9-41(27)44)17-7-8-23(33)22(13-17)29(37)43/h5-11,13-14,24H,3-4,12,15H2,1-2H3,(H3-,37,38,42,43,44)/p+1/t24-/m0/s1. The number of carbonyl (C=O) groups is 2. The number of nitrogens with one attached hydrogen (secondary N) is 1.